The number of ether oxygens (including phenoxy) is 2. The Morgan fingerprint density at radius 1 is 1.27 bits per heavy atom. The summed E-state index contributed by atoms with van der Waals surface area (Å²) in [6.45, 7) is -0.260. The second-order valence-corrected chi connectivity index (χ2v) is 6.14. The molecule has 0 radical (unpaired) electrons. The molecule has 1 fully saturated rings. The molecule has 2 amide bonds. The Hall–Kier alpha value is -2.86. The van der Waals surface area contributed by atoms with Gasteiger partial charge in [0.25, 0.3) is 0 Å². The number of benzene rings is 2. The first kappa shape index (κ1) is 17.9. The predicted octanol–water partition coefficient (Wildman–Crippen LogP) is 2.36. The van der Waals surface area contributed by atoms with Crippen molar-refractivity contribution in [3.63, 3.8) is 0 Å². The predicted molar refractivity (Wildman–Crippen MR) is 94.9 cm³/mol. The molecule has 0 saturated carbocycles. The number of cyclic esters (lactones) is 1. The van der Waals surface area contributed by atoms with Gasteiger partial charge in [0.1, 0.15) is 12.4 Å². The molecule has 0 aliphatic carbocycles. The average Bonchev–Trinajstić information content (AvgIpc) is 3.03. The third kappa shape index (κ3) is 3.70. The number of hydrogen-bond donors (Lipinski definition) is 1. The van der Waals surface area contributed by atoms with Crippen molar-refractivity contribution in [2.45, 2.75) is 18.4 Å². The van der Waals surface area contributed by atoms with Crippen LogP contribution in [0.2, 0.25) is 0 Å². The fourth-order valence-electron chi connectivity index (χ4n) is 3.12. The average molecular weight is 355 g/mol. The molecule has 3 rings (SSSR count). The lowest BCUT2D eigenvalue weighted by Gasteiger charge is -2.24. The van der Waals surface area contributed by atoms with Crippen LogP contribution in [0.15, 0.2) is 54.6 Å². The molecular formula is C20H21NO5. The second-order valence-electron chi connectivity index (χ2n) is 6.14. The summed E-state index contributed by atoms with van der Waals surface area (Å²) in [5, 5.41) is 9.80. The van der Waals surface area contributed by atoms with Gasteiger partial charge in [-0.1, -0.05) is 42.5 Å². The number of rotatable bonds is 6. The Labute approximate surface area is 152 Å². The molecule has 26 heavy (non-hydrogen) atoms. The van der Waals surface area contributed by atoms with E-state index in [0.717, 1.165) is 10.5 Å². The van der Waals surface area contributed by atoms with Gasteiger partial charge < -0.3 is 14.6 Å². The summed E-state index contributed by atoms with van der Waals surface area (Å²) in [6, 6.07) is 16.1. The topological polar surface area (TPSA) is 76.1 Å². The largest absolute Gasteiger partial charge is 0.497 e. The highest BCUT2D eigenvalue weighted by molar-refractivity contribution is 5.97. The summed E-state index contributed by atoms with van der Waals surface area (Å²) in [5.74, 6) is -0.739. The normalized spacial score (nSPS) is 17.7. The van der Waals surface area contributed by atoms with Gasteiger partial charge in [-0.3, -0.25) is 4.79 Å². The molecule has 0 spiro atoms. The first-order chi connectivity index (χ1) is 12.6. The van der Waals surface area contributed by atoms with Gasteiger partial charge in [-0.2, -0.15) is 0 Å². The lowest BCUT2D eigenvalue weighted by Crippen LogP contribution is -2.43. The fourth-order valence-corrected chi connectivity index (χ4v) is 3.12. The maximum Gasteiger partial charge on any atom is 0.417 e. The minimum atomic E-state index is -0.853. The highest BCUT2D eigenvalue weighted by Crippen LogP contribution is 2.26. The van der Waals surface area contributed by atoms with Crippen molar-refractivity contribution >= 4 is 12.0 Å². The Kier molecular flexibility index (Phi) is 5.53. The lowest BCUT2D eigenvalue weighted by atomic mass is 9.97. The minimum absolute atomic E-state index is 0.149. The molecule has 1 N–H and O–H groups in total. The van der Waals surface area contributed by atoms with Gasteiger partial charge in [-0.05, 0) is 29.7 Å². The standard InChI is InChI=1S/C20H21NO5/c1-25-17-9-5-8-15(11-17)18(12-22)19(23)21-16(13-26-20(21)24)10-14-6-3-2-4-7-14/h2-9,11,16,18,22H,10,12-13H2,1H3/t16-,18-/m0/s1. The van der Waals surface area contributed by atoms with Crippen molar-refractivity contribution in [1.82, 2.24) is 4.90 Å². The number of carbonyl (C=O) groups excluding carboxylic acids is 2. The first-order valence-electron chi connectivity index (χ1n) is 8.42. The summed E-state index contributed by atoms with van der Waals surface area (Å²) in [4.78, 5) is 26.3. The Morgan fingerprint density at radius 3 is 2.73 bits per heavy atom. The molecule has 2 aromatic carbocycles. The number of imide groups is 1. The number of carbonyl (C=O) groups is 2. The monoisotopic (exact) mass is 355 g/mol. The van der Waals surface area contributed by atoms with Gasteiger partial charge in [0, 0.05) is 0 Å². The Balaban J connectivity index is 1.83. The molecule has 1 aliphatic rings. The molecule has 0 unspecified atom stereocenters. The maximum atomic E-state index is 13.0. The van der Waals surface area contributed by atoms with Crippen molar-refractivity contribution in [1.29, 1.82) is 0 Å². The smallest absolute Gasteiger partial charge is 0.417 e. The second kappa shape index (κ2) is 8.01. The quantitative estimate of drug-likeness (QED) is 0.861. The molecule has 1 heterocycles. The van der Waals surface area contributed by atoms with E-state index in [0.29, 0.717) is 17.7 Å². The van der Waals surface area contributed by atoms with Crippen LogP contribution in [-0.4, -0.2) is 48.4 Å². The van der Waals surface area contributed by atoms with Crippen molar-refractivity contribution in [2.24, 2.45) is 0 Å². The van der Waals surface area contributed by atoms with Crippen LogP contribution >= 0.6 is 0 Å². The van der Waals surface area contributed by atoms with Gasteiger partial charge in [0.2, 0.25) is 5.91 Å². The van der Waals surface area contributed by atoms with E-state index in [1.165, 1.54) is 7.11 Å². The molecule has 2 aromatic rings. The van der Waals surface area contributed by atoms with Crippen LogP contribution in [0.1, 0.15) is 17.0 Å². The summed E-state index contributed by atoms with van der Waals surface area (Å²) in [6.07, 6.45) is -0.161. The minimum Gasteiger partial charge on any atom is -0.497 e. The number of amides is 2. The van der Waals surface area contributed by atoms with Crippen LogP contribution in [0.4, 0.5) is 4.79 Å². The molecule has 6 nitrogen and oxygen atoms in total. The highest BCUT2D eigenvalue weighted by Gasteiger charge is 2.41. The number of methoxy groups -OCH3 is 1. The van der Waals surface area contributed by atoms with Crippen LogP contribution < -0.4 is 4.74 Å². The molecule has 0 aromatic heterocycles. The fraction of sp³-hybridized carbons (Fsp3) is 0.300. The number of aliphatic hydroxyl groups is 1. The molecule has 0 bridgehead atoms. The SMILES string of the molecule is COc1cccc([C@H](CO)C(=O)N2C(=O)OC[C@@H]2Cc2ccccc2)c1. The molecule has 1 saturated heterocycles. The van der Waals surface area contributed by atoms with E-state index in [4.69, 9.17) is 9.47 Å². The van der Waals surface area contributed by atoms with Crippen molar-refractivity contribution in [3.05, 3.63) is 65.7 Å². The van der Waals surface area contributed by atoms with Crippen LogP contribution in [0, 0.1) is 0 Å². The van der Waals surface area contributed by atoms with Crippen LogP contribution in [-0.2, 0) is 16.0 Å². The van der Waals surface area contributed by atoms with Gasteiger partial charge in [0.05, 0.1) is 25.7 Å². The number of nitrogens with zero attached hydrogens (tertiary/aromatic N) is 1. The van der Waals surface area contributed by atoms with E-state index in [1.54, 1.807) is 24.3 Å². The summed E-state index contributed by atoms with van der Waals surface area (Å²) in [7, 11) is 1.53. The van der Waals surface area contributed by atoms with Crippen molar-refractivity contribution < 1.29 is 24.2 Å². The van der Waals surface area contributed by atoms with Crippen LogP contribution in [0.5, 0.6) is 5.75 Å². The van der Waals surface area contributed by atoms with Gasteiger partial charge in [-0.15, -0.1) is 0 Å². The molecular weight excluding hydrogens is 334 g/mol. The molecule has 2 atom stereocenters. The maximum absolute atomic E-state index is 13.0. The zero-order valence-corrected chi connectivity index (χ0v) is 14.5. The summed E-state index contributed by atoms with van der Waals surface area (Å²) >= 11 is 0. The van der Waals surface area contributed by atoms with E-state index < -0.39 is 30.6 Å². The van der Waals surface area contributed by atoms with Crippen LogP contribution in [0.25, 0.3) is 0 Å². The van der Waals surface area contributed by atoms with E-state index in [-0.39, 0.29) is 6.61 Å². The first-order valence-corrected chi connectivity index (χ1v) is 8.42. The van der Waals surface area contributed by atoms with Crippen molar-refractivity contribution in [3.8, 4) is 5.75 Å². The molecule has 6 heteroatoms. The summed E-state index contributed by atoms with van der Waals surface area (Å²) < 4.78 is 10.3. The highest BCUT2D eigenvalue weighted by atomic mass is 16.6. The Morgan fingerprint density at radius 2 is 2.04 bits per heavy atom. The molecule has 1 aliphatic heterocycles. The van der Waals surface area contributed by atoms with Gasteiger partial charge >= 0.3 is 6.09 Å². The van der Waals surface area contributed by atoms with Gasteiger partial charge in [-0.25, -0.2) is 9.69 Å². The van der Waals surface area contributed by atoms with E-state index in [1.807, 2.05) is 30.3 Å². The van der Waals surface area contributed by atoms with Gasteiger partial charge in [0.15, 0.2) is 0 Å². The zero-order valence-electron chi connectivity index (χ0n) is 14.5. The van der Waals surface area contributed by atoms with E-state index in [9.17, 15) is 14.7 Å². The zero-order chi connectivity index (χ0) is 18.5. The third-order valence-corrected chi connectivity index (χ3v) is 4.49. The van der Waals surface area contributed by atoms with E-state index >= 15 is 0 Å². The van der Waals surface area contributed by atoms with Crippen LogP contribution in [0.3, 0.4) is 0 Å². The van der Waals surface area contributed by atoms with Crippen molar-refractivity contribution in [2.75, 3.05) is 20.3 Å². The number of aliphatic hydroxyl groups excluding tert-OH is 1. The summed E-state index contributed by atoms with van der Waals surface area (Å²) in [5.41, 5.74) is 1.60. The third-order valence-electron chi connectivity index (χ3n) is 4.49. The number of hydrogen-bond acceptors (Lipinski definition) is 5. The molecule has 136 valence electrons. The van der Waals surface area contributed by atoms with E-state index in [2.05, 4.69) is 0 Å². The Bertz CT molecular complexity index is 777. The lowest BCUT2D eigenvalue weighted by molar-refractivity contribution is -0.131.